The summed E-state index contributed by atoms with van der Waals surface area (Å²) in [6.45, 7) is 5.04. The van der Waals surface area contributed by atoms with Crippen LogP contribution in [0.2, 0.25) is 0 Å². The molecule has 0 aliphatic carbocycles. The second-order valence-corrected chi connectivity index (χ2v) is 4.07. The minimum Gasteiger partial charge on any atom is -0.480 e. The maximum atomic E-state index is 10.5. The van der Waals surface area contributed by atoms with E-state index in [2.05, 4.69) is 18.9 Å². The van der Waals surface area contributed by atoms with Crippen LogP contribution in [-0.2, 0) is 17.8 Å². The minimum atomic E-state index is -0.992. The molecule has 15 heavy (non-hydrogen) atoms. The van der Waals surface area contributed by atoms with Crippen LogP contribution in [0.3, 0.4) is 0 Å². The number of hydrogen-bond donors (Lipinski definition) is 2. The molecule has 1 atom stereocenters. The molecule has 0 saturated heterocycles. The highest BCUT2D eigenvalue weighted by molar-refractivity contribution is 5.73. The molecule has 0 spiro atoms. The zero-order valence-corrected chi connectivity index (χ0v) is 9.05. The van der Waals surface area contributed by atoms with Gasteiger partial charge in [0.2, 0.25) is 0 Å². The quantitative estimate of drug-likeness (QED) is 0.742. The third-order valence-corrected chi connectivity index (χ3v) is 1.99. The van der Waals surface area contributed by atoms with Crippen molar-refractivity contribution in [1.29, 1.82) is 0 Å². The molecule has 1 aromatic heterocycles. The van der Waals surface area contributed by atoms with E-state index in [1.165, 1.54) is 0 Å². The lowest BCUT2D eigenvalue weighted by atomic mass is 10.2. The molecule has 3 N–H and O–H groups in total. The van der Waals surface area contributed by atoms with E-state index >= 15 is 0 Å². The van der Waals surface area contributed by atoms with E-state index < -0.39 is 12.0 Å². The molecule has 0 aliphatic heterocycles. The predicted molar refractivity (Wildman–Crippen MR) is 56.4 cm³/mol. The number of carboxylic acids is 1. The second kappa shape index (κ2) is 4.93. The Kier molecular flexibility index (Phi) is 3.85. The Morgan fingerprint density at radius 1 is 1.67 bits per heavy atom. The van der Waals surface area contributed by atoms with Crippen molar-refractivity contribution < 1.29 is 9.90 Å². The van der Waals surface area contributed by atoms with Crippen LogP contribution in [0.4, 0.5) is 0 Å². The molecular formula is C10H17N3O2. The smallest absolute Gasteiger partial charge is 0.320 e. The molecule has 0 bridgehead atoms. The molecule has 1 unspecified atom stereocenters. The highest BCUT2D eigenvalue weighted by Crippen LogP contribution is 2.02. The van der Waals surface area contributed by atoms with Crippen LogP contribution in [0.25, 0.3) is 0 Å². The summed E-state index contributed by atoms with van der Waals surface area (Å²) in [5.74, 6) is -0.473. The largest absolute Gasteiger partial charge is 0.480 e. The van der Waals surface area contributed by atoms with Crippen LogP contribution < -0.4 is 5.73 Å². The van der Waals surface area contributed by atoms with Gasteiger partial charge < -0.3 is 10.8 Å². The van der Waals surface area contributed by atoms with Gasteiger partial charge in [-0.15, -0.1) is 0 Å². The zero-order chi connectivity index (χ0) is 11.4. The molecule has 5 heteroatoms. The predicted octanol–water partition coefficient (Wildman–Crippen LogP) is 0.494. The molecule has 0 amide bonds. The van der Waals surface area contributed by atoms with Crippen molar-refractivity contribution in [1.82, 2.24) is 9.78 Å². The number of carboxylic acid groups (broad SMARTS) is 1. The fourth-order valence-electron chi connectivity index (χ4n) is 1.30. The summed E-state index contributed by atoms with van der Waals surface area (Å²) in [7, 11) is 0. The number of aromatic nitrogens is 2. The first-order valence-electron chi connectivity index (χ1n) is 4.99. The maximum absolute atomic E-state index is 10.5. The average Bonchev–Trinajstić information content (AvgIpc) is 2.51. The first kappa shape index (κ1) is 11.7. The van der Waals surface area contributed by atoms with Gasteiger partial charge >= 0.3 is 5.97 Å². The first-order valence-corrected chi connectivity index (χ1v) is 4.99. The van der Waals surface area contributed by atoms with Gasteiger partial charge in [-0.1, -0.05) is 13.8 Å². The number of nitrogens with zero attached hydrogens (tertiary/aromatic N) is 2. The van der Waals surface area contributed by atoms with E-state index in [-0.39, 0.29) is 6.42 Å². The molecule has 84 valence electrons. The lowest BCUT2D eigenvalue weighted by molar-refractivity contribution is -0.138. The summed E-state index contributed by atoms with van der Waals surface area (Å²) >= 11 is 0. The van der Waals surface area contributed by atoms with Crippen molar-refractivity contribution in [2.45, 2.75) is 32.9 Å². The van der Waals surface area contributed by atoms with E-state index in [1.54, 1.807) is 0 Å². The normalized spacial score (nSPS) is 13.1. The van der Waals surface area contributed by atoms with Gasteiger partial charge in [-0.2, -0.15) is 5.10 Å². The summed E-state index contributed by atoms with van der Waals surface area (Å²) in [5, 5.41) is 12.9. The number of carbonyl (C=O) groups is 1. The molecule has 1 aromatic rings. The average molecular weight is 211 g/mol. The number of nitrogens with two attached hydrogens (primary N) is 1. The molecule has 0 fully saturated rings. The van der Waals surface area contributed by atoms with Crippen molar-refractivity contribution in [2.24, 2.45) is 11.7 Å². The Hall–Kier alpha value is -1.36. The van der Waals surface area contributed by atoms with Gasteiger partial charge in [-0.05, 0) is 12.0 Å². The number of aliphatic carboxylic acids is 1. The molecule has 1 rings (SSSR count). The molecule has 0 aliphatic rings. The SMILES string of the molecule is CC(C)Cn1ccc(CC(N)C(=O)O)n1. The van der Waals surface area contributed by atoms with Gasteiger partial charge in [0.25, 0.3) is 0 Å². The van der Waals surface area contributed by atoms with E-state index in [4.69, 9.17) is 10.8 Å². The molecule has 5 nitrogen and oxygen atoms in total. The molecule has 1 heterocycles. The van der Waals surface area contributed by atoms with Gasteiger partial charge in [-0.3, -0.25) is 9.48 Å². The highest BCUT2D eigenvalue weighted by atomic mass is 16.4. The van der Waals surface area contributed by atoms with Crippen LogP contribution in [0, 0.1) is 5.92 Å². The van der Waals surface area contributed by atoms with Crippen LogP contribution in [0.1, 0.15) is 19.5 Å². The number of hydrogen-bond acceptors (Lipinski definition) is 3. The van der Waals surface area contributed by atoms with Gasteiger partial charge in [0.1, 0.15) is 6.04 Å². The van der Waals surface area contributed by atoms with Crippen molar-refractivity contribution in [3.63, 3.8) is 0 Å². The summed E-state index contributed by atoms with van der Waals surface area (Å²) < 4.78 is 1.81. The highest BCUT2D eigenvalue weighted by Gasteiger charge is 2.13. The fourth-order valence-corrected chi connectivity index (χ4v) is 1.30. The van der Waals surface area contributed by atoms with Gasteiger partial charge in [0, 0.05) is 19.2 Å². The number of rotatable bonds is 5. The van der Waals surface area contributed by atoms with E-state index in [0.717, 1.165) is 12.2 Å². The maximum Gasteiger partial charge on any atom is 0.320 e. The second-order valence-electron chi connectivity index (χ2n) is 4.07. The molecule has 0 saturated carbocycles. The third kappa shape index (κ3) is 3.71. The lowest BCUT2D eigenvalue weighted by Gasteiger charge is -2.05. The van der Waals surface area contributed by atoms with Crippen molar-refractivity contribution >= 4 is 5.97 Å². The Balaban J connectivity index is 2.56. The minimum absolute atomic E-state index is 0.278. The third-order valence-electron chi connectivity index (χ3n) is 1.99. The summed E-state index contributed by atoms with van der Waals surface area (Å²) in [5.41, 5.74) is 6.14. The Morgan fingerprint density at radius 3 is 2.87 bits per heavy atom. The Bertz CT molecular complexity index is 333. The van der Waals surface area contributed by atoms with Crippen molar-refractivity contribution in [3.05, 3.63) is 18.0 Å². The topological polar surface area (TPSA) is 81.1 Å². The fraction of sp³-hybridized carbons (Fsp3) is 0.600. The van der Waals surface area contributed by atoms with E-state index in [0.29, 0.717) is 5.92 Å². The van der Waals surface area contributed by atoms with Gasteiger partial charge in [-0.25, -0.2) is 0 Å². The van der Waals surface area contributed by atoms with Gasteiger partial charge in [0.15, 0.2) is 0 Å². The standard InChI is InChI=1S/C10H17N3O2/c1-7(2)6-13-4-3-8(12-13)5-9(11)10(14)15/h3-4,7,9H,5-6,11H2,1-2H3,(H,14,15). The Labute approximate surface area is 88.9 Å². The van der Waals surface area contributed by atoms with Crippen LogP contribution in [-0.4, -0.2) is 26.9 Å². The molecule has 0 radical (unpaired) electrons. The molecule has 0 aromatic carbocycles. The molecular weight excluding hydrogens is 194 g/mol. The lowest BCUT2D eigenvalue weighted by Crippen LogP contribution is -2.32. The van der Waals surface area contributed by atoms with Crippen molar-refractivity contribution in [3.8, 4) is 0 Å². The Morgan fingerprint density at radius 2 is 2.33 bits per heavy atom. The summed E-state index contributed by atoms with van der Waals surface area (Å²) in [6.07, 6.45) is 2.13. The van der Waals surface area contributed by atoms with Crippen LogP contribution in [0.5, 0.6) is 0 Å². The van der Waals surface area contributed by atoms with E-state index in [1.807, 2.05) is 16.9 Å². The van der Waals surface area contributed by atoms with Gasteiger partial charge in [0.05, 0.1) is 5.69 Å². The van der Waals surface area contributed by atoms with E-state index in [9.17, 15) is 4.79 Å². The first-order chi connectivity index (χ1) is 6.99. The monoisotopic (exact) mass is 211 g/mol. The summed E-state index contributed by atoms with van der Waals surface area (Å²) in [4.78, 5) is 10.5. The van der Waals surface area contributed by atoms with Crippen molar-refractivity contribution in [2.75, 3.05) is 0 Å². The zero-order valence-electron chi connectivity index (χ0n) is 9.05. The van der Waals surface area contributed by atoms with Crippen LogP contribution >= 0.6 is 0 Å². The van der Waals surface area contributed by atoms with Crippen LogP contribution in [0.15, 0.2) is 12.3 Å². The summed E-state index contributed by atoms with van der Waals surface area (Å²) in [6, 6.07) is 0.943.